The Morgan fingerprint density at radius 1 is 0.977 bits per heavy atom. The van der Waals surface area contributed by atoms with Gasteiger partial charge in [-0.25, -0.2) is 9.37 Å². The number of hydrogen-bond acceptors (Lipinski definition) is 5. The first-order valence-electron chi connectivity index (χ1n) is 14.7. The van der Waals surface area contributed by atoms with Crippen LogP contribution in [0.5, 0.6) is 5.75 Å². The lowest BCUT2D eigenvalue weighted by Crippen LogP contribution is -2.07. The number of aromatic nitrogens is 2. The van der Waals surface area contributed by atoms with Crippen molar-refractivity contribution in [1.82, 2.24) is 9.55 Å². The Kier molecular flexibility index (Phi) is 12.0. The number of carbonyl (C=O) groups excluding carboxylic acids is 1. The Bertz CT molecular complexity index is 1550. The highest BCUT2D eigenvalue weighted by Gasteiger charge is 2.13. The highest BCUT2D eigenvalue weighted by atomic mass is 32.2. The van der Waals surface area contributed by atoms with E-state index < -0.39 is 16.6 Å². The first kappa shape index (κ1) is 32.0. The second kappa shape index (κ2) is 16.1. The van der Waals surface area contributed by atoms with Crippen molar-refractivity contribution in [3.8, 4) is 16.9 Å². The third-order valence-electron chi connectivity index (χ3n) is 7.10. The maximum Gasteiger partial charge on any atom is 0.160 e. The summed E-state index contributed by atoms with van der Waals surface area (Å²) in [6.07, 6.45) is 7.00. The molecule has 0 spiro atoms. The minimum atomic E-state index is -1.22. The Hall–Kier alpha value is -3.88. The summed E-state index contributed by atoms with van der Waals surface area (Å²) in [5.41, 5.74) is 4.74. The molecule has 226 valence electrons. The molecule has 0 unspecified atom stereocenters. The number of aryl methyl sites for hydroxylation is 2. The van der Waals surface area contributed by atoms with Crippen molar-refractivity contribution < 1.29 is 22.9 Å². The van der Waals surface area contributed by atoms with Gasteiger partial charge in [0.15, 0.2) is 5.78 Å². The zero-order valence-electron chi connectivity index (χ0n) is 25.1. The van der Waals surface area contributed by atoms with E-state index in [4.69, 9.17) is 9.47 Å². The van der Waals surface area contributed by atoms with Crippen molar-refractivity contribution in [2.45, 2.75) is 57.2 Å². The van der Waals surface area contributed by atoms with Crippen LogP contribution in [-0.2, 0) is 39.0 Å². The van der Waals surface area contributed by atoms with Crippen molar-refractivity contribution in [2.75, 3.05) is 19.8 Å². The summed E-state index contributed by atoms with van der Waals surface area (Å²) >= 11 is 0. The summed E-state index contributed by atoms with van der Waals surface area (Å²) in [6.45, 7) is 8.63. The van der Waals surface area contributed by atoms with Crippen LogP contribution in [0, 0.1) is 12.7 Å². The lowest BCUT2D eigenvalue weighted by molar-refractivity contribution is -0.113. The normalized spacial score (nSPS) is 12.1. The lowest BCUT2D eigenvalue weighted by atomic mass is 10.0. The van der Waals surface area contributed by atoms with Crippen LogP contribution < -0.4 is 4.74 Å². The molecular weight excluding hydrogens is 563 g/mol. The van der Waals surface area contributed by atoms with E-state index in [-0.39, 0.29) is 12.2 Å². The van der Waals surface area contributed by atoms with Gasteiger partial charge in [0, 0.05) is 30.0 Å². The average molecular weight is 603 g/mol. The quantitative estimate of drug-likeness (QED) is 0.0991. The molecule has 43 heavy (non-hydrogen) atoms. The first-order chi connectivity index (χ1) is 20.9. The predicted octanol–water partition coefficient (Wildman–Crippen LogP) is 7.35. The summed E-state index contributed by atoms with van der Waals surface area (Å²) < 4.78 is 40.8. The molecule has 0 aliphatic heterocycles. The SMILES string of the molecule is CCCCOCCOc1ccc(-c2ccc(F)c(/C=C/C(=O)Cc3ccc([S@@](=O)Cc4c(C)ncn4CC)cc3)c2)cc1. The van der Waals surface area contributed by atoms with Gasteiger partial charge in [-0.2, -0.15) is 0 Å². The number of imidazole rings is 1. The third-order valence-corrected chi connectivity index (χ3v) is 8.43. The van der Waals surface area contributed by atoms with Crippen LogP contribution in [0.4, 0.5) is 4.39 Å². The fourth-order valence-electron chi connectivity index (χ4n) is 4.54. The first-order valence-corrected chi connectivity index (χ1v) is 16.0. The number of nitrogens with zero attached hydrogens (tertiary/aromatic N) is 2. The van der Waals surface area contributed by atoms with Crippen molar-refractivity contribution in [2.24, 2.45) is 0 Å². The molecule has 0 saturated carbocycles. The summed E-state index contributed by atoms with van der Waals surface area (Å²) in [6, 6.07) is 19.7. The molecule has 1 aromatic heterocycles. The molecular formula is C35H39FN2O4S. The molecule has 0 radical (unpaired) electrons. The predicted molar refractivity (Wildman–Crippen MR) is 170 cm³/mol. The molecule has 8 heteroatoms. The molecule has 0 saturated heterocycles. The zero-order valence-corrected chi connectivity index (χ0v) is 25.9. The number of unbranched alkanes of at least 4 members (excludes halogenated alkanes) is 1. The Morgan fingerprint density at radius 2 is 1.72 bits per heavy atom. The summed E-state index contributed by atoms with van der Waals surface area (Å²) in [5.74, 6) is 0.579. The fourth-order valence-corrected chi connectivity index (χ4v) is 5.77. The van der Waals surface area contributed by atoms with E-state index in [9.17, 15) is 13.4 Å². The summed E-state index contributed by atoms with van der Waals surface area (Å²) in [7, 11) is -1.22. The Balaban J connectivity index is 1.32. The maximum absolute atomic E-state index is 14.6. The van der Waals surface area contributed by atoms with Crippen LogP contribution >= 0.6 is 0 Å². The smallest absolute Gasteiger partial charge is 0.160 e. The number of benzene rings is 3. The molecule has 4 aromatic rings. The molecule has 0 amide bonds. The van der Waals surface area contributed by atoms with Gasteiger partial charge in [0.05, 0.1) is 40.9 Å². The second-order valence-electron chi connectivity index (χ2n) is 10.2. The van der Waals surface area contributed by atoms with E-state index in [2.05, 4.69) is 11.9 Å². The number of halogens is 1. The van der Waals surface area contributed by atoms with Crippen LogP contribution in [0.2, 0.25) is 0 Å². The minimum absolute atomic E-state index is 0.152. The number of ketones is 1. The van der Waals surface area contributed by atoms with Crippen molar-refractivity contribution >= 4 is 22.7 Å². The summed E-state index contributed by atoms with van der Waals surface area (Å²) in [5, 5.41) is 0. The topological polar surface area (TPSA) is 70.4 Å². The van der Waals surface area contributed by atoms with E-state index in [1.54, 1.807) is 30.6 Å². The van der Waals surface area contributed by atoms with E-state index >= 15 is 0 Å². The zero-order chi connectivity index (χ0) is 30.6. The molecule has 0 bridgehead atoms. The van der Waals surface area contributed by atoms with Gasteiger partial charge in [0.1, 0.15) is 18.2 Å². The van der Waals surface area contributed by atoms with Crippen LogP contribution in [0.15, 0.2) is 84.0 Å². The highest BCUT2D eigenvalue weighted by Crippen LogP contribution is 2.25. The monoisotopic (exact) mass is 602 g/mol. The molecule has 1 atom stereocenters. The molecule has 0 fully saturated rings. The molecule has 4 rings (SSSR count). The van der Waals surface area contributed by atoms with Gasteiger partial charge in [-0.05, 0) is 85.5 Å². The van der Waals surface area contributed by atoms with Gasteiger partial charge in [-0.15, -0.1) is 0 Å². The van der Waals surface area contributed by atoms with Gasteiger partial charge in [-0.1, -0.05) is 43.7 Å². The van der Waals surface area contributed by atoms with E-state index in [0.717, 1.165) is 59.8 Å². The van der Waals surface area contributed by atoms with Crippen molar-refractivity contribution in [3.63, 3.8) is 0 Å². The molecule has 0 aliphatic rings. The van der Waals surface area contributed by atoms with Gasteiger partial charge < -0.3 is 14.0 Å². The molecule has 3 aromatic carbocycles. The van der Waals surface area contributed by atoms with Crippen LogP contribution in [0.1, 0.15) is 49.2 Å². The Labute approximate surface area is 256 Å². The minimum Gasteiger partial charge on any atom is -0.491 e. The van der Waals surface area contributed by atoms with Gasteiger partial charge in [-0.3, -0.25) is 9.00 Å². The number of allylic oxidation sites excluding steroid dienone is 1. The number of rotatable bonds is 16. The fraction of sp³-hybridized carbons (Fsp3) is 0.314. The highest BCUT2D eigenvalue weighted by molar-refractivity contribution is 7.84. The maximum atomic E-state index is 14.6. The van der Waals surface area contributed by atoms with Crippen molar-refractivity contribution in [3.05, 3.63) is 107 Å². The van der Waals surface area contributed by atoms with Gasteiger partial charge >= 0.3 is 0 Å². The summed E-state index contributed by atoms with van der Waals surface area (Å²) in [4.78, 5) is 17.7. The molecule has 0 aliphatic carbocycles. The largest absolute Gasteiger partial charge is 0.491 e. The van der Waals surface area contributed by atoms with Crippen LogP contribution in [0.25, 0.3) is 17.2 Å². The van der Waals surface area contributed by atoms with E-state index in [1.807, 2.05) is 54.8 Å². The standard InChI is InChI=1S/C35H39FN2O4S/c1-4-6-19-41-20-21-42-32-14-10-28(11-15-32)29-12-18-34(36)30(23-29)9-13-31(39)22-27-7-16-33(17-8-27)43(40)24-35-26(3)37-25-38(35)5-2/h7-18,23,25H,4-6,19-22,24H2,1-3H3/b13-9+/t43-/m0/s1. The average Bonchev–Trinajstić information content (AvgIpc) is 3.37. The number of carbonyl (C=O) groups is 1. The van der Waals surface area contributed by atoms with E-state index in [0.29, 0.717) is 29.4 Å². The van der Waals surface area contributed by atoms with Gasteiger partial charge in [0.25, 0.3) is 0 Å². The Morgan fingerprint density at radius 3 is 2.44 bits per heavy atom. The van der Waals surface area contributed by atoms with Crippen molar-refractivity contribution in [1.29, 1.82) is 0 Å². The lowest BCUT2D eigenvalue weighted by Gasteiger charge is -2.09. The van der Waals surface area contributed by atoms with Gasteiger partial charge in [0.2, 0.25) is 0 Å². The number of ether oxygens (including phenoxy) is 2. The third kappa shape index (κ3) is 9.30. The molecule has 6 nitrogen and oxygen atoms in total. The number of hydrogen-bond donors (Lipinski definition) is 0. The molecule has 0 N–H and O–H groups in total. The second-order valence-corrected chi connectivity index (χ2v) is 11.7. The molecule has 1 heterocycles. The van der Waals surface area contributed by atoms with E-state index in [1.165, 1.54) is 18.2 Å². The van der Waals surface area contributed by atoms with Crippen LogP contribution in [-0.4, -0.2) is 39.4 Å². The van der Waals surface area contributed by atoms with Crippen LogP contribution in [0.3, 0.4) is 0 Å².